The molecule has 1 aromatic carbocycles. The Kier molecular flexibility index (Phi) is 6.30. The molecule has 0 radical (unpaired) electrons. The summed E-state index contributed by atoms with van der Waals surface area (Å²) in [7, 11) is 1.69. The fourth-order valence-corrected chi connectivity index (χ4v) is 2.08. The van der Waals surface area contributed by atoms with Gasteiger partial charge in [0.15, 0.2) is 5.82 Å². The van der Waals surface area contributed by atoms with Gasteiger partial charge in [-0.05, 0) is 41.0 Å². The van der Waals surface area contributed by atoms with Crippen LogP contribution in [0.3, 0.4) is 0 Å². The smallest absolute Gasteiger partial charge is 0.170 e. The number of unbranched alkanes of at least 4 members (excludes halogenated alkanes) is 1. The number of ether oxygens (including phenoxy) is 1. The van der Waals surface area contributed by atoms with Crippen LogP contribution in [-0.4, -0.2) is 40.5 Å². The van der Waals surface area contributed by atoms with Crippen LogP contribution in [-0.2, 0) is 17.7 Å². The minimum absolute atomic E-state index is 0.619. The zero-order valence-corrected chi connectivity index (χ0v) is 12.7. The van der Waals surface area contributed by atoms with E-state index in [1.165, 1.54) is 18.4 Å². The summed E-state index contributed by atoms with van der Waals surface area (Å²) in [5.74, 6) is 0.799. The molecule has 0 fully saturated rings. The molecule has 0 aliphatic carbocycles. The molecule has 114 valence electrons. The molecule has 0 spiro atoms. The van der Waals surface area contributed by atoms with E-state index >= 15 is 0 Å². The van der Waals surface area contributed by atoms with Crippen molar-refractivity contribution in [2.24, 2.45) is 0 Å². The summed E-state index contributed by atoms with van der Waals surface area (Å²) in [5.41, 5.74) is 2.34. The summed E-state index contributed by atoms with van der Waals surface area (Å²) in [6, 6.07) is 8.43. The molecule has 0 aliphatic heterocycles. The number of benzene rings is 1. The second-order valence-corrected chi connectivity index (χ2v) is 4.95. The molecule has 2 rings (SSSR count). The second kappa shape index (κ2) is 8.49. The first-order valence-electron chi connectivity index (χ1n) is 7.41. The third-order valence-corrected chi connectivity index (χ3v) is 3.30. The van der Waals surface area contributed by atoms with Gasteiger partial charge in [-0.3, -0.25) is 0 Å². The van der Waals surface area contributed by atoms with Crippen LogP contribution >= 0.6 is 0 Å². The topological polar surface area (TPSA) is 64.9 Å². The fraction of sp³-hybridized carbons (Fsp3) is 0.533. The number of hydrogen-bond acceptors (Lipinski definition) is 5. The Morgan fingerprint density at radius 3 is 2.76 bits per heavy atom. The first-order chi connectivity index (χ1) is 10.3. The molecule has 6 nitrogen and oxygen atoms in total. The van der Waals surface area contributed by atoms with E-state index in [2.05, 4.69) is 52.0 Å². The van der Waals surface area contributed by atoms with Crippen molar-refractivity contribution in [3.63, 3.8) is 0 Å². The fourth-order valence-electron chi connectivity index (χ4n) is 2.08. The van der Waals surface area contributed by atoms with E-state index in [4.69, 9.17) is 4.74 Å². The van der Waals surface area contributed by atoms with Gasteiger partial charge in [0.05, 0.1) is 18.8 Å². The van der Waals surface area contributed by atoms with Gasteiger partial charge in [-0.25, -0.2) is 0 Å². The minimum Gasteiger partial charge on any atom is -0.383 e. The maximum Gasteiger partial charge on any atom is 0.170 e. The maximum atomic E-state index is 5.00. The molecule has 0 amide bonds. The Hall–Kier alpha value is -1.79. The van der Waals surface area contributed by atoms with E-state index in [0.29, 0.717) is 13.2 Å². The Bertz CT molecular complexity index is 523. The normalized spacial score (nSPS) is 11.0. The number of tetrazole rings is 1. The Balaban J connectivity index is 1.99. The Labute approximate surface area is 125 Å². The SMILES string of the molecule is CCCCc1ccc(-n2nnnc2CNCCOC)cc1. The quantitative estimate of drug-likeness (QED) is 0.712. The molecule has 0 bridgehead atoms. The molecule has 1 N–H and O–H groups in total. The van der Waals surface area contributed by atoms with Gasteiger partial charge < -0.3 is 10.1 Å². The standard InChI is InChI=1S/C15H23N5O/c1-3-4-5-13-6-8-14(9-7-13)20-15(17-18-19-20)12-16-10-11-21-2/h6-9,16H,3-5,10-12H2,1-2H3. The lowest BCUT2D eigenvalue weighted by molar-refractivity contribution is 0.199. The van der Waals surface area contributed by atoms with Gasteiger partial charge in [0, 0.05) is 13.7 Å². The zero-order valence-electron chi connectivity index (χ0n) is 12.7. The highest BCUT2D eigenvalue weighted by Crippen LogP contribution is 2.12. The molecule has 0 saturated heterocycles. The average molecular weight is 289 g/mol. The largest absolute Gasteiger partial charge is 0.383 e. The molecule has 0 atom stereocenters. The van der Waals surface area contributed by atoms with Crippen LogP contribution in [0.2, 0.25) is 0 Å². The summed E-state index contributed by atoms with van der Waals surface area (Å²) in [6.07, 6.45) is 3.56. The van der Waals surface area contributed by atoms with E-state index in [-0.39, 0.29) is 0 Å². The first-order valence-corrected chi connectivity index (χ1v) is 7.41. The van der Waals surface area contributed by atoms with E-state index < -0.39 is 0 Å². The van der Waals surface area contributed by atoms with Crippen molar-refractivity contribution in [2.75, 3.05) is 20.3 Å². The highest BCUT2D eigenvalue weighted by atomic mass is 16.5. The van der Waals surface area contributed by atoms with Gasteiger partial charge in [-0.15, -0.1) is 5.10 Å². The van der Waals surface area contributed by atoms with Crippen molar-refractivity contribution in [1.82, 2.24) is 25.5 Å². The molecular weight excluding hydrogens is 266 g/mol. The summed E-state index contributed by atoms with van der Waals surface area (Å²) in [6.45, 7) is 4.28. The second-order valence-electron chi connectivity index (χ2n) is 4.95. The molecule has 0 unspecified atom stereocenters. The predicted octanol–water partition coefficient (Wildman–Crippen LogP) is 1.74. The van der Waals surface area contributed by atoms with E-state index in [9.17, 15) is 0 Å². The van der Waals surface area contributed by atoms with Crippen molar-refractivity contribution >= 4 is 0 Å². The van der Waals surface area contributed by atoms with Crippen molar-refractivity contribution in [3.8, 4) is 5.69 Å². The zero-order chi connectivity index (χ0) is 14.9. The summed E-state index contributed by atoms with van der Waals surface area (Å²) < 4.78 is 6.77. The van der Waals surface area contributed by atoms with Gasteiger partial charge in [0.25, 0.3) is 0 Å². The van der Waals surface area contributed by atoms with Crippen LogP contribution in [0, 0.1) is 0 Å². The van der Waals surface area contributed by atoms with Crippen molar-refractivity contribution in [3.05, 3.63) is 35.7 Å². The number of nitrogens with one attached hydrogen (secondary N) is 1. The van der Waals surface area contributed by atoms with Crippen LogP contribution < -0.4 is 5.32 Å². The van der Waals surface area contributed by atoms with Crippen molar-refractivity contribution in [1.29, 1.82) is 0 Å². The van der Waals surface area contributed by atoms with Gasteiger partial charge in [-0.1, -0.05) is 25.5 Å². The third kappa shape index (κ3) is 4.61. The van der Waals surface area contributed by atoms with Gasteiger partial charge in [0.1, 0.15) is 0 Å². The molecule has 1 heterocycles. The van der Waals surface area contributed by atoms with Crippen molar-refractivity contribution in [2.45, 2.75) is 32.7 Å². The van der Waals surface area contributed by atoms with Gasteiger partial charge in [-0.2, -0.15) is 4.68 Å². The van der Waals surface area contributed by atoms with E-state index in [1.807, 2.05) is 0 Å². The lowest BCUT2D eigenvalue weighted by Gasteiger charge is -2.07. The molecule has 21 heavy (non-hydrogen) atoms. The number of aromatic nitrogens is 4. The summed E-state index contributed by atoms with van der Waals surface area (Å²) in [4.78, 5) is 0. The average Bonchev–Trinajstić information content (AvgIpc) is 2.98. The monoisotopic (exact) mass is 289 g/mol. The number of methoxy groups -OCH3 is 1. The molecule has 1 aromatic heterocycles. The molecule has 0 saturated carbocycles. The van der Waals surface area contributed by atoms with Crippen LogP contribution in [0.25, 0.3) is 5.69 Å². The number of aryl methyl sites for hydroxylation is 1. The Morgan fingerprint density at radius 1 is 1.24 bits per heavy atom. The van der Waals surface area contributed by atoms with Crippen LogP contribution in [0.5, 0.6) is 0 Å². The lowest BCUT2D eigenvalue weighted by atomic mass is 10.1. The van der Waals surface area contributed by atoms with Crippen molar-refractivity contribution < 1.29 is 4.74 Å². The first kappa shape index (κ1) is 15.6. The van der Waals surface area contributed by atoms with Crippen LogP contribution in [0.15, 0.2) is 24.3 Å². The highest BCUT2D eigenvalue weighted by molar-refractivity contribution is 5.34. The maximum absolute atomic E-state index is 5.00. The molecule has 2 aromatic rings. The third-order valence-electron chi connectivity index (χ3n) is 3.30. The molecule has 6 heteroatoms. The number of hydrogen-bond donors (Lipinski definition) is 1. The predicted molar refractivity (Wildman–Crippen MR) is 81.3 cm³/mol. The van der Waals surface area contributed by atoms with Gasteiger partial charge >= 0.3 is 0 Å². The Morgan fingerprint density at radius 2 is 2.05 bits per heavy atom. The van der Waals surface area contributed by atoms with E-state index in [1.54, 1.807) is 11.8 Å². The number of rotatable bonds is 9. The molecular formula is C15H23N5O. The van der Waals surface area contributed by atoms with Gasteiger partial charge in [0.2, 0.25) is 0 Å². The summed E-state index contributed by atoms with van der Waals surface area (Å²) >= 11 is 0. The van der Waals surface area contributed by atoms with Crippen LogP contribution in [0.1, 0.15) is 31.2 Å². The summed E-state index contributed by atoms with van der Waals surface area (Å²) in [5, 5.41) is 15.1. The molecule has 0 aliphatic rings. The number of nitrogens with zero attached hydrogens (tertiary/aromatic N) is 4. The van der Waals surface area contributed by atoms with E-state index in [0.717, 1.165) is 24.5 Å². The highest BCUT2D eigenvalue weighted by Gasteiger charge is 2.07. The lowest BCUT2D eigenvalue weighted by Crippen LogP contribution is -2.21. The van der Waals surface area contributed by atoms with Crippen LogP contribution in [0.4, 0.5) is 0 Å². The minimum atomic E-state index is 0.619.